The van der Waals surface area contributed by atoms with Crippen molar-refractivity contribution < 1.29 is 27.8 Å². The maximum Gasteiger partial charge on any atom is 0.403 e. The molecule has 0 aromatic heterocycles. The molecule has 0 aliphatic carbocycles. The van der Waals surface area contributed by atoms with Crippen molar-refractivity contribution in [1.82, 2.24) is 0 Å². The van der Waals surface area contributed by atoms with Gasteiger partial charge in [-0.2, -0.15) is 0 Å². The van der Waals surface area contributed by atoms with Gasteiger partial charge in [-0.1, -0.05) is 17.7 Å². The first-order chi connectivity index (χ1) is 11.3. The van der Waals surface area contributed by atoms with Crippen molar-refractivity contribution in [3.63, 3.8) is 0 Å². The van der Waals surface area contributed by atoms with E-state index in [1.165, 1.54) is 38.1 Å². The lowest BCUT2D eigenvalue weighted by Gasteiger charge is -2.19. The molecule has 1 aromatic rings. The topological polar surface area (TPSA) is 100 Å². The van der Waals surface area contributed by atoms with Crippen molar-refractivity contribution in [2.45, 2.75) is 37.5 Å². The molecule has 8 heteroatoms. The molecule has 0 bridgehead atoms. The molecule has 6 nitrogen and oxygen atoms in total. The monoisotopic (exact) mass is 377 g/mol. The fourth-order valence-electron chi connectivity index (χ4n) is 2.51. The van der Waals surface area contributed by atoms with Crippen molar-refractivity contribution in [3.05, 3.63) is 29.8 Å². The number of carbonyl (C=O) groups excluding carboxylic acids is 1. The van der Waals surface area contributed by atoms with Crippen LogP contribution in [0.1, 0.15) is 31.2 Å². The molecule has 1 saturated heterocycles. The van der Waals surface area contributed by atoms with Crippen molar-refractivity contribution >= 4 is 27.1 Å². The lowest BCUT2D eigenvalue weighted by atomic mass is 9.93. The Labute approximate surface area is 148 Å². The molecule has 0 radical (unpaired) electrons. The average molecular weight is 378 g/mol. The second kappa shape index (κ2) is 10.7. The summed E-state index contributed by atoms with van der Waals surface area (Å²) < 4.78 is 35.8. The molecule has 0 unspecified atom stereocenters. The molecule has 0 saturated carbocycles. The number of hydrogen-bond acceptors (Lipinski definition) is 5. The zero-order valence-corrected chi connectivity index (χ0v) is 15.3. The molecule has 136 valence electrons. The zero-order valence-electron chi connectivity index (χ0n) is 13.7. The Morgan fingerprint density at radius 3 is 2.38 bits per heavy atom. The van der Waals surface area contributed by atoms with Crippen molar-refractivity contribution in [2.24, 2.45) is 5.92 Å². The predicted octanol–water partition coefficient (Wildman–Crippen LogP) is 2.01. The van der Waals surface area contributed by atoms with Crippen LogP contribution >= 0.6 is 11.6 Å². The molecule has 0 amide bonds. The van der Waals surface area contributed by atoms with Gasteiger partial charge >= 0.3 is 5.43 Å². The Hall–Kier alpha value is -1.15. The summed E-state index contributed by atoms with van der Waals surface area (Å²) in [5, 5.41) is 2.36. The highest BCUT2D eigenvalue weighted by molar-refractivity contribution is 7.85. The second-order valence-corrected chi connectivity index (χ2v) is 7.49. The molecule has 0 atom stereocenters. The number of ether oxygens (including phenoxy) is 1. The van der Waals surface area contributed by atoms with Gasteiger partial charge in [0.1, 0.15) is 10.1 Å². The molecule has 24 heavy (non-hydrogen) atoms. The van der Waals surface area contributed by atoms with E-state index in [2.05, 4.69) is 10.1 Å². The summed E-state index contributed by atoms with van der Waals surface area (Å²) in [6, 6.07) is 5.78. The maximum absolute atomic E-state index is 10.4. The smallest absolute Gasteiger partial charge is 0.403 e. The van der Waals surface area contributed by atoms with E-state index in [1.807, 2.05) is 6.92 Å². The van der Waals surface area contributed by atoms with E-state index in [1.54, 1.807) is 12.1 Å². The Balaban J connectivity index is 0.000000243. The SMILES string of the molecule is Cc1ccc(S(=O)(=O)[O-])cc1.O=C(Cl)OCCCC1CC[NH2+]CC1. The van der Waals surface area contributed by atoms with Gasteiger partial charge in [0.25, 0.3) is 0 Å². The third-order valence-electron chi connectivity index (χ3n) is 3.84. The summed E-state index contributed by atoms with van der Waals surface area (Å²) >= 11 is 5.03. The number of aryl methyl sites for hydroxylation is 1. The van der Waals surface area contributed by atoms with E-state index in [4.69, 9.17) is 11.6 Å². The Morgan fingerprint density at radius 2 is 1.88 bits per heavy atom. The first-order valence-electron chi connectivity index (χ1n) is 7.95. The molecule has 2 N–H and O–H groups in total. The van der Waals surface area contributed by atoms with E-state index < -0.39 is 15.5 Å². The lowest BCUT2D eigenvalue weighted by molar-refractivity contribution is -0.664. The fourth-order valence-corrected chi connectivity index (χ4v) is 3.06. The number of carbonyl (C=O) groups is 1. The largest absolute Gasteiger partial charge is 0.744 e. The summed E-state index contributed by atoms with van der Waals surface area (Å²) in [4.78, 5) is 10.1. The van der Waals surface area contributed by atoms with Gasteiger partial charge in [0.2, 0.25) is 0 Å². The molecule has 1 aliphatic heterocycles. The van der Waals surface area contributed by atoms with Crippen LogP contribution in [0.5, 0.6) is 0 Å². The van der Waals surface area contributed by atoms with Gasteiger partial charge in [0.15, 0.2) is 0 Å². The minimum Gasteiger partial charge on any atom is -0.744 e. The third kappa shape index (κ3) is 9.22. The lowest BCUT2D eigenvalue weighted by Crippen LogP contribution is -2.86. The van der Waals surface area contributed by atoms with Gasteiger partial charge in [-0.25, -0.2) is 13.2 Å². The number of benzene rings is 1. The van der Waals surface area contributed by atoms with Crippen LogP contribution in [0.4, 0.5) is 4.79 Å². The van der Waals surface area contributed by atoms with Crippen LogP contribution in [0.25, 0.3) is 0 Å². The molecule has 1 fully saturated rings. The van der Waals surface area contributed by atoms with Crippen LogP contribution in [0.2, 0.25) is 0 Å². The van der Waals surface area contributed by atoms with Gasteiger partial charge in [0.05, 0.1) is 24.6 Å². The molecule has 1 aliphatic rings. The summed E-state index contributed by atoms with van der Waals surface area (Å²) in [7, 11) is -4.27. The quantitative estimate of drug-likeness (QED) is 0.480. The Bertz CT molecular complexity index is 597. The average Bonchev–Trinajstić information content (AvgIpc) is 2.53. The van der Waals surface area contributed by atoms with Crippen LogP contribution in [0.15, 0.2) is 29.2 Å². The zero-order chi connectivity index (χ0) is 18.0. The molecule has 1 heterocycles. The van der Waals surface area contributed by atoms with Crippen molar-refractivity contribution in [3.8, 4) is 0 Å². The third-order valence-corrected chi connectivity index (χ3v) is 4.80. The standard InChI is InChI=1S/C9H16ClNO2.C7H8O3S/c10-9(12)13-7-1-2-8-3-5-11-6-4-8;1-6-2-4-7(5-3-6)11(8,9)10/h8,11H,1-7H2;2-5H,1H3,(H,8,9,10). The van der Waals surface area contributed by atoms with E-state index in [-0.39, 0.29) is 4.90 Å². The van der Waals surface area contributed by atoms with Crippen LogP contribution in [0, 0.1) is 12.8 Å². The molecule has 2 rings (SSSR count). The van der Waals surface area contributed by atoms with Crippen LogP contribution in [0.3, 0.4) is 0 Å². The normalized spacial score (nSPS) is 15.3. The number of halogens is 1. The fraction of sp³-hybridized carbons (Fsp3) is 0.562. The minimum atomic E-state index is -4.27. The molecular formula is C16H24ClNO5S. The summed E-state index contributed by atoms with van der Waals surface area (Å²) in [6.45, 7) is 4.80. The van der Waals surface area contributed by atoms with Crippen LogP contribution in [-0.2, 0) is 14.9 Å². The summed E-state index contributed by atoms with van der Waals surface area (Å²) in [6.07, 6.45) is 4.71. The minimum absolute atomic E-state index is 0.178. The number of nitrogens with two attached hydrogens (primary N) is 1. The van der Waals surface area contributed by atoms with Crippen LogP contribution in [-0.4, -0.2) is 38.1 Å². The number of quaternary nitrogens is 1. The van der Waals surface area contributed by atoms with E-state index >= 15 is 0 Å². The van der Waals surface area contributed by atoms with E-state index in [9.17, 15) is 17.8 Å². The van der Waals surface area contributed by atoms with Gasteiger partial charge in [-0.15, -0.1) is 0 Å². The summed E-state index contributed by atoms with van der Waals surface area (Å²) in [5.41, 5.74) is 0.245. The first-order valence-corrected chi connectivity index (χ1v) is 9.74. The molecule has 1 aromatic carbocycles. The predicted molar refractivity (Wildman–Crippen MR) is 90.0 cm³/mol. The van der Waals surface area contributed by atoms with Gasteiger partial charge in [-0.05, 0) is 50.7 Å². The molecular weight excluding hydrogens is 354 g/mol. The van der Waals surface area contributed by atoms with Gasteiger partial charge in [-0.3, -0.25) is 0 Å². The Morgan fingerprint density at radius 1 is 1.29 bits per heavy atom. The number of hydrogen-bond donors (Lipinski definition) is 1. The maximum atomic E-state index is 10.4. The van der Waals surface area contributed by atoms with Crippen molar-refractivity contribution in [1.29, 1.82) is 0 Å². The van der Waals surface area contributed by atoms with E-state index in [0.29, 0.717) is 6.61 Å². The van der Waals surface area contributed by atoms with Gasteiger partial charge in [0, 0.05) is 11.6 Å². The molecule has 0 spiro atoms. The Kier molecular flexibility index (Phi) is 9.28. The highest BCUT2D eigenvalue weighted by Gasteiger charge is 2.14. The van der Waals surface area contributed by atoms with Crippen molar-refractivity contribution in [2.75, 3.05) is 19.7 Å². The van der Waals surface area contributed by atoms with Crippen LogP contribution < -0.4 is 5.32 Å². The second-order valence-electron chi connectivity index (χ2n) is 5.80. The highest BCUT2D eigenvalue weighted by atomic mass is 35.5. The van der Waals surface area contributed by atoms with Gasteiger partial charge < -0.3 is 14.6 Å². The van der Waals surface area contributed by atoms with E-state index in [0.717, 1.165) is 24.3 Å². The number of piperidine rings is 1. The summed E-state index contributed by atoms with van der Waals surface area (Å²) in [5.74, 6) is 0.832. The first kappa shape index (κ1) is 20.9. The highest BCUT2D eigenvalue weighted by Crippen LogP contribution is 2.15. The number of rotatable bonds is 5.